The SMILES string of the molecule is CCOC(=O)c1c(N)sc2c1CCN(CCN(C)C)C2. The molecule has 1 aromatic heterocycles. The predicted octanol–water partition coefficient (Wildman–Crippen LogP) is 1.43. The average Bonchev–Trinajstić information content (AvgIpc) is 2.71. The van der Waals surface area contributed by atoms with Crippen molar-refractivity contribution in [3.05, 3.63) is 16.0 Å². The number of fused-ring (bicyclic) bond motifs is 1. The lowest BCUT2D eigenvalue weighted by atomic mass is 10.0. The quantitative estimate of drug-likeness (QED) is 0.833. The third kappa shape index (κ3) is 3.31. The number of nitrogens with zero attached hydrogens (tertiary/aromatic N) is 2. The maximum atomic E-state index is 12.0. The molecule has 2 N–H and O–H groups in total. The van der Waals surface area contributed by atoms with E-state index in [1.54, 1.807) is 0 Å². The van der Waals surface area contributed by atoms with Crippen LogP contribution in [0.25, 0.3) is 0 Å². The lowest BCUT2D eigenvalue weighted by Gasteiger charge is -2.28. The van der Waals surface area contributed by atoms with Crippen molar-refractivity contribution in [3.63, 3.8) is 0 Å². The molecule has 0 amide bonds. The minimum absolute atomic E-state index is 0.274. The van der Waals surface area contributed by atoms with Crippen molar-refractivity contribution in [2.24, 2.45) is 0 Å². The number of carbonyl (C=O) groups excluding carboxylic acids is 1. The van der Waals surface area contributed by atoms with Gasteiger partial charge in [0.1, 0.15) is 5.00 Å². The first-order valence-corrected chi connectivity index (χ1v) is 7.78. The smallest absolute Gasteiger partial charge is 0.341 e. The fourth-order valence-corrected chi connectivity index (χ4v) is 3.59. The molecule has 0 spiro atoms. The van der Waals surface area contributed by atoms with Crippen molar-refractivity contribution in [3.8, 4) is 0 Å². The molecule has 1 aromatic rings. The molecular formula is C14H23N3O2S. The average molecular weight is 297 g/mol. The largest absolute Gasteiger partial charge is 0.462 e. The molecule has 5 nitrogen and oxygen atoms in total. The normalized spacial score (nSPS) is 15.4. The lowest BCUT2D eigenvalue weighted by Crippen LogP contribution is -2.35. The number of nitrogen functional groups attached to an aromatic ring is 1. The zero-order valence-electron chi connectivity index (χ0n) is 12.4. The minimum Gasteiger partial charge on any atom is -0.462 e. The van der Waals surface area contributed by atoms with Crippen molar-refractivity contribution in [1.29, 1.82) is 0 Å². The number of thiophene rings is 1. The monoisotopic (exact) mass is 297 g/mol. The number of ether oxygens (including phenoxy) is 1. The van der Waals surface area contributed by atoms with E-state index in [1.165, 1.54) is 16.2 Å². The van der Waals surface area contributed by atoms with E-state index >= 15 is 0 Å². The van der Waals surface area contributed by atoms with Gasteiger partial charge in [-0.2, -0.15) is 0 Å². The van der Waals surface area contributed by atoms with Gasteiger partial charge in [0.2, 0.25) is 0 Å². The van der Waals surface area contributed by atoms with Gasteiger partial charge >= 0.3 is 5.97 Å². The molecular weight excluding hydrogens is 274 g/mol. The molecule has 0 saturated heterocycles. The topological polar surface area (TPSA) is 58.8 Å². The Kier molecular flexibility index (Phi) is 5.01. The Balaban J connectivity index is 2.11. The first kappa shape index (κ1) is 15.3. The highest BCUT2D eigenvalue weighted by molar-refractivity contribution is 7.16. The third-order valence-corrected chi connectivity index (χ3v) is 4.55. The van der Waals surface area contributed by atoms with Crippen LogP contribution in [0.5, 0.6) is 0 Å². The Morgan fingerprint density at radius 3 is 2.90 bits per heavy atom. The van der Waals surface area contributed by atoms with Gasteiger partial charge in [0, 0.05) is 31.1 Å². The van der Waals surface area contributed by atoms with Gasteiger partial charge in [-0.1, -0.05) is 0 Å². The second kappa shape index (κ2) is 6.56. The molecule has 0 atom stereocenters. The van der Waals surface area contributed by atoms with Crippen LogP contribution in [0.4, 0.5) is 5.00 Å². The second-order valence-corrected chi connectivity index (χ2v) is 6.43. The van der Waals surface area contributed by atoms with Gasteiger partial charge < -0.3 is 15.4 Å². The van der Waals surface area contributed by atoms with Gasteiger partial charge in [-0.15, -0.1) is 11.3 Å². The molecule has 2 heterocycles. The number of rotatable bonds is 5. The van der Waals surface area contributed by atoms with Crippen LogP contribution in [0.3, 0.4) is 0 Å². The van der Waals surface area contributed by atoms with Crippen molar-refractivity contribution >= 4 is 22.3 Å². The van der Waals surface area contributed by atoms with Gasteiger partial charge in [-0.25, -0.2) is 4.79 Å². The molecule has 0 aliphatic carbocycles. The Hall–Kier alpha value is -1.11. The van der Waals surface area contributed by atoms with Crippen LogP contribution in [-0.4, -0.2) is 56.1 Å². The summed E-state index contributed by atoms with van der Waals surface area (Å²) >= 11 is 1.53. The fourth-order valence-electron chi connectivity index (χ4n) is 2.44. The van der Waals surface area contributed by atoms with E-state index in [9.17, 15) is 4.79 Å². The second-order valence-electron chi connectivity index (χ2n) is 5.29. The number of likely N-dealkylation sites (N-methyl/N-ethyl adjacent to an activating group) is 1. The Morgan fingerprint density at radius 2 is 2.25 bits per heavy atom. The van der Waals surface area contributed by atoms with Crippen molar-refractivity contribution < 1.29 is 9.53 Å². The number of hydrogen-bond donors (Lipinski definition) is 1. The van der Waals surface area contributed by atoms with Crippen LogP contribution >= 0.6 is 11.3 Å². The third-order valence-electron chi connectivity index (χ3n) is 3.51. The van der Waals surface area contributed by atoms with E-state index in [-0.39, 0.29) is 5.97 Å². The molecule has 112 valence electrons. The van der Waals surface area contributed by atoms with Gasteiger partial charge in [-0.05, 0) is 33.0 Å². The van der Waals surface area contributed by atoms with E-state index in [2.05, 4.69) is 23.9 Å². The summed E-state index contributed by atoms with van der Waals surface area (Å²) in [5, 5.41) is 0.600. The maximum absolute atomic E-state index is 12.0. The zero-order chi connectivity index (χ0) is 14.7. The molecule has 1 aliphatic heterocycles. The Morgan fingerprint density at radius 1 is 1.50 bits per heavy atom. The molecule has 2 rings (SSSR count). The van der Waals surface area contributed by atoms with E-state index in [1.807, 2.05) is 6.92 Å². The van der Waals surface area contributed by atoms with Crippen molar-refractivity contribution in [2.75, 3.05) is 46.1 Å². The Bertz CT molecular complexity index is 485. The summed E-state index contributed by atoms with van der Waals surface area (Å²) in [7, 11) is 4.16. The first-order chi connectivity index (χ1) is 9.52. The molecule has 0 unspecified atom stereocenters. The summed E-state index contributed by atoms with van der Waals surface area (Å²) in [6.07, 6.45) is 0.880. The number of nitrogens with two attached hydrogens (primary N) is 1. The first-order valence-electron chi connectivity index (χ1n) is 6.97. The molecule has 0 radical (unpaired) electrons. The standard InChI is InChI=1S/C14H23N3O2S/c1-4-19-14(18)12-10-5-6-17(8-7-16(2)3)9-11(10)20-13(12)15/h4-9,15H2,1-3H3. The molecule has 0 aromatic carbocycles. The van der Waals surface area contributed by atoms with Gasteiger partial charge in [0.15, 0.2) is 0 Å². The lowest BCUT2D eigenvalue weighted by molar-refractivity contribution is 0.0526. The Labute approximate surface area is 124 Å². The number of anilines is 1. The van der Waals surface area contributed by atoms with Crippen LogP contribution in [-0.2, 0) is 17.7 Å². The minimum atomic E-state index is -0.274. The maximum Gasteiger partial charge on any atom is 0.341 e. The predicted molar refractivity (Wildman–Crippen MR) is 82.2 cm³/mol. The molecule has 20 heavy (non-hydrogen) atoms. The van der Waals surface area contributed by atoms with Gasteiger partial charge in [0.05, 0.1) is 12.2 Å². The highest BCUT2D eigenvalue weighted by Gasteiger charge is 2.27. The van der Waals surface area contributed by atoms with Crippen LogP contribution in [0, 0.1) is 0 Å². The molecule has 0 bridgehead atoms. The highest BCUT2D eigenvalue weighted by Crippen LogP contribution is 2.35. The number of carbonyl (C=O) groups is 1. The van der Waals surface area contributed by atoms with Crippen LogP contribution in [0.15, 0.2) is 0 Å². The summed E-state index contributed by atoms with van der Waals surface area (Å²) < 4.78 is 5.11. The summed E-state index contributed by atoms with van der Waals surface area (Å²) in [5.41, 5.74) is 7.72. The number of esters is 1. The summed E-state index contributed by atoms with van der Waals surface area (Å²) in [6, 6.07) is 0. The fraction of sp³-hybridized carbons (Fsp3) is 0.643. The molecule has 6 heteroatoms. The van der Waals surface area contributed by atoms with E-state index in [4.69, 9.17) is 10.5 Å². The van der Waals surface area contributed by atoms with Gasteiger partial charge in [-0.3, -0.25) is 4.90 Å². The molecule has 0 saturated carbocycles. The van der Waals surface area contributed by atoms with Crippen molar-refractivity contribution in [2.45, 2.75) is 19.9 Å². The molecule has 1 aliphatic rings. The summed E-state index contributed by atoms with van der Waals surface area (Å²) in [5.74, 6) is -0.274. The van der Waals surface area contributed by atoms with Crippen molar-refractivity contribution in [1.82, 2.24) is 9.80 Å². The van der Waals surface area contributed by atoms with Crippen LogP contribution in [0.2, 0.25) is 0 Å². The van der Waals surface area contributed by atoms with Crippen LogP contribution < -0.4 is 5.73 Å². The molecule has 0 fully saturated rings. The van der Waals surface area contributed by atoms with E-state index in [0.717, 1.165) is 38.2 Å². The number of hydrogen-bond acceptors (Lipinski definition) is 6. The van der Waals surface area contributed by atoms with Crippen LogP contribution in [0.1, 0.15) is 27.7 Å². The van der Waals surface area contributed by atoms with E-state index in [0.29, 0.717) is 17.2 Å². The van der Waals surface area contributed by atoms with E-state index < -0.39 is 0 Å². The highest BCUT2D eigenvalue weighted by atomic mass is 32.1. The zero-order valence-corrected chi connectivity index (χ0v) is 13.3. The summed E-state index contributed by atoms with van der Waals surface area (Å²) in [6.45, 7) is 6.15. The summed E-state index contributed by atoms with van der Waals surface area (Å²) in [4.78, 5) is 17.8. The van der Waals surface area contributed by atoms with Gasteiger partial charge in [0.25, 0.3) is 0 Å².